The topological polar surface area (TPSA) is 29.1 Å². The van der Waals surface area contributed by atoms with Crippen molar-refractivity contribution in [1.29, 1.82) is 0 Å². The van der Waals surface area contributed by atoms with Crippen LogP contribution in [0.5, 0.6) is 0 Å². The molecule has 1 amide bonds. The van der Waals surface area contributed by atoms with E-state index in [4.69, 9.17) is 6.42 Å². The van der Waals surface area contributed by atoms with E-state index in [2.05, 4.69) is 21.2 Å². The molecule has 0 aliphatic rings. The number of hydrogen-bond donors (Lipinski definition) is 1. The van der Waals surface area contributed by atoms with Crippen molar-refractivity contribution in [3.8, 4) is 12.3 Å². The summed E-state index contributed by atoms with van der Waals surface area (Å²) in [6, 6.07) is 7.67. The largest absolute Gasteiger partial charge is 0.341 e. The fourth-order valence-electron chi connectivity index (χ4n) is 0.880. The van der Waals surface area contributed by atoms with E-state index in [1.54, 1.807) is 0 Å². The number of hydrogen-bond acceptors (Lipinski definition) is 1. The molecule has 0 fully saturated rings. The van der Waals surface area contributed by atoms with Gasteiger partial charge in [0, 0.05) is 11.0 Å². The van der Waals surface area contributed by atoms with Crippen molar-refractivity contribution in [3.05, 3.63) is 34.3 Å². The summed E-state index contributed by atoms with van der Waals surface area (Å²) in [5.41, 5.74) is 1.01. The summed E-state index contributed by atoms with van der Waals surface area (Å²) in [7, 11) is 0. The van der Waals surface area contributed by atoms with Gasteiger partial charge < -0.3 is 5.32 Å². The van der Waals surface area contributed by atoms with Crippen LogP contribution in [-0.2, 0) is 11.3 Å². The number of nitrogens with one attached hydrogen (secondary N) is 1. The van der Waals surface area contributed by atoms with E-state index < -0.39 is 0 Å². The standard InChI is InChI=1S/C10H8BrNO/c1-2-10(13)12-7-8-4-3-5-9(11)6-8/h1,3-6H,7H2,(H,12,13). The van der Waals surface area contributed by atoms with Crippen LogP contribution in [-0.4, -0.2) is 5.91 Å². The molecule has 13 heavy (non-hydrogen) atoms. The fourth-order valence-corrected chi connectivity index (χ4v) is 1.33. The minimum absolute atomic E-state index is 0.389. The summed E-state index contributed by atoms with van der Waals surface area (Å²) in [5.74, 6) is 1.60. The van der Waals surface area contributed by atoms with Crippen molar-refractivity contribution in [1.82, 2.24) is 5.32 Å². The second-order valence-corrected chi connectivity index (χ2v) is 3.37. The highest BCUT2D eigenvalue weighted by Gasteiger charge is 1.96. The SMILES string of the molecule is C#CC(=O)NCc1cccc(Br)c1. The number of carbonyl (C=O) groups excluding carboxylic acids is 1. The van der Waals surface area contributed by atoms with Crippen LogP contribution < -0.4 is 5.32 Å². The molecule has 0 heterocycles. The third-order valence-corrected chi connectivity index (χ3v) is 1.97. The van der Waals surface area contributed by atoms with Crippen molar-refractivity contribution < 1.29 is 4.79 Å². The van der Waals surface area contributed by atoms with Crippen LogP contribution in [0.3, 0.4) is 0 Å². The van der Waals surface area contributed by atoms with Crippen LogP contribution in [0.4, 0.5) is 0 Å². The number of terminal acetylenes is 1. The zero-order chi connectivity index (χ0) is 9.68. The van der Waals surface area contributed by atoms with Crippen LogP contribution in [0.15, 0.2) is 28.7 Å². The molecule has 0 aliphatic heterocycles. The van der Waals surface area contributed by atoms with Gasteiger partial charge in [0.25, 0.3) is 5.91 Å². The van der Waals surface area contributed by atoms with Crippen LogP contribution in [0.1, 0.15) is 5.56 Å². The Balaban J connectivity index is 2.56. The average molecular weight is 238 g/mol. The van der Waals surface area contributed by atoms with E-state index in [-0.39, 0.29) is 5.91 Å². The maximum atomic E-state index is 10.7. The van der Waals surface area contributed by atoms with Gasteiger partial charge in [-0.05, 0) is 23.6 Å². The van der Waals surface area contributed by atoms with Gasteiger partial charge in [0.15, 0.2) is 0 Å². The molecule has 0 saturated heterocycles. The van der Waals surface area contributed by atoms with Crippen LogP contribution >= 0.6 is 15.9 Å². The van der Waals surface area contributed by atoms with Gasteiger partial charge in [-0.2, -0.15) is 0 Å². The fraction of sp³-hybridized carbons (Fsp3) is 0.100. The zero-order valence-corrected chi connectivity index (χ0v) is 8.47. The van der Waals surface area contributed by atoms with Gasteiger partial charge in [0.1, 0.15) is 0 Å². The Morgan fingerprint density at radius 3 is 3.00 bits per heavy atom. The molecule has 0 radical (unpaired) electrons. The summed E-state index contributed by atoms with van der Waals surface area (Å²) < 4.78 is 0.986. The molecule has 1 rings (SSSR count). The number of carbonyl (C=O) groups is 1. The number of halogens is 1. The highest BCUT2D eigenvalue weighted by atomic mass is 79.9. The quantitative estimate of drug-likeness (QED) is 0.780. The Kier molecular flexibility index (Phi) is 3.53. The first-order valence-corrected chi connectivity index (χ1v) is 4.50. The molecular formula is C10H8BrNO. The van der Waals surface area contributed by atoms with E-state index in [0.717, 1.165) is 10.0 Å². The molecule has 1 aromatic rings. The molecule has 0 bridgehead atoms. The molecule has 66 valence electrons. The first-order valence-electron chi connectivity index (χ1n) is 3.71. The molecule has 2 nitrogen and oxygen atoms in total. The van der Waals surface area contributed by atoms with Crippen molar-refractivity contribution in [2.24, 2.45) is 0 Å². The molecule has 0 aliphatic carbocycles. The Bertz CT molecular complexity index is 354. The zero-order valence-electron chi connectivity index (χ0n) is 6.88. The van der Waals surface area contributed by atoms with E-state index in [1.165, 1.54) is 0 Å². The average Bonchev–Trinajstić information content (AvgIpc) is 2.14. The second kappa shape index (κ2) is 4.68. The molecule has 0 spiro atoms. The van der Waals surface area contributed by atoms with E-state index in [9.17, 15) is 4.79 Å². The monoisotopic (exact) mass is 237 g/mol. The first kappa shape index (κ1) is 9.82. The third-order valence-electron chi connectivity index (χ3n) is 1.47. The predicted molar refractivity (Wildman–Crippen MR) is 54.8 cm³/mol. The lowest BCUT2D eigenvalue weighted by Crippen LogP contribution is -2.20. The van der Waals surface area contributed by atoms with Crippen molar-refractivity contribution in [2.75, 3.05) is 0 Å². The summed E-state index contributed by atoms with van der Waals surface area (Å²) in [5, 5.41) is 2.58. The summed E-state index contributed by atoms with van der Waals surface area (Å²) >= 11 is 3.33. The lowest BCUT2D eigenvalue weighted by molar-refractivity contribution is -0.115. The van der Waals surface area contributed by atoms with Crippen LogP contribution in [0.25, 0.3) is 0 Å². The van der Waals surface area contributed by atoms with Crippen molar-refractivity contribution in [2.45, 2.75) is 6.54 Å². The molecule has 0 atom stereocenters. The van der Waals surface area contributed by atoms with Crippen LogP contribution in [0, 0.1) is 12.3 Å². The van der Waals surface area contributed by atoms with Crippen LogP contribution in [0.2, 0.25) is 0 Å². The summed E-state index contributed by atoms with van der Waals surface area (Å²) in [4.78, 5) is 10.7. The predicted octanol–water partition coefficient (Wildman–Crippen LogP) is 1.70. The molecule has 0 saturated carbocycles. The van der Waals surface area contributed by atoms with Gasteiger partial charge in [0.05, 0.1) is 0 Å². The van der Waals surface area contributed by atoms with Crippen molar-refractivity contribution in [3.63, 3.8) is 0 Å². The lowest BCUT2D eigenvalue weighted by Gasteiger charge is -2.01. The highest BCUT2D eigenvalue weighted by molar-refractivity contribution is 9.10. The Morgan fingerprint density at radius 1 is 1.62 bits per heavy atom. The Hall–Kier alpha value is -1.27. The normalized spacial score (nSPS) is 8.92. The van der Waals surface area contributed by atoms with Crippen molar-refractivity contribution >= 4 is 21.8 Å². The molecule has 0 unspecified atom stereocenters. The minimum atomic E-state index is -0.389. The molecular weight excluding hydrogens is 230 g/mol. The Labute approximate surface area is 85.5 Å². The molecule has 3 heteroatoms. The van der Waals surface area contributed by atoms with Gasteiger partial charge in [-0.1, -0.05) is 28.1 Å². The maximum Gasteiger partial charge on any atom is 0.295 e. The lowest BCUT2D eigenvalue weighted by atomic mass is 10.2. The highest BCUT2D eigenvalue weighted by Crippen LogP contribution is 2.10. The van der Waals surface area contributed by atoms with E-state index in [0.29, 0.717) is 6.54 Å². The molecule has 1 N–H and O–H groups in total. The van der Waals surface area contributed by atoms with Gasteiger partial charge in [-0.15, -0.1) is 6.42 Å². The number of benzene rings is 1. The van der Waals surface area contributed by atoms with E-state index in [1.807, 2.05) is 30.2 Å². The van der Waals surface area contributed by atoms with Gasteiger partial charge >= 0.3 is 0 Å². The number of rotatable bonds is 2. The third kappa shape index (κ3) is 3.30. The second-order valence-electron chi connectivity index (χ2n) is 2.46. The Morgan fingerprint density at radius 2 is 2.38 bits per heavy atom. The summed E-state index contributed by atoms with van der Waals surface area (Å²) in [6.45, 7) is 0.461. The maximum absolute atomic E-state index is 10.7. The van der Waals surface area contributed by atoms with Gasteiger partial charge in [0.2, 0.25) is 0 Å². The number of amides is 1. The van der Waals surface area contributed by atoms with Gasteiger partial charge in [-0.25, -0.2) is 0 Å². The van der Waals surface area contributed by atoms with Gasteiger partial charge in [-0.3, -0.25) is 4.79 Å². The minimum Gasteiger partial charge on any atom is -0.341 e. The molecule has 0 aromatic heterocycles. The summed E-state index contributed by atoms with van der Waals surface area (Å²) in [6.07, 6.45) is 4.89. The first-order chi connectivity index (χ1) is 6.22. The van der Waals surface area contributed by atoms with E-state index >= 15 is 0 Å². The molecule has 1 aromatic carbocycles. The smallest absolute Gasteiger partial charge is 0.295 e.